The Kier molecular flexibility index (Phi) is 3.85. The highest BCUT2D eigenvalue weighted by Gasteiger charge is 2.41. The Labute approximate surface area is 119 Å². The highest BCUT2D eigenvalue weighted by molar-refractivity contribution is 5.76. The van der Waals surface area contributed by atoms with Crippen LogP contribution in [-0.4, -0.2) is 52.6 Å². The fourth-order valence-corrected chi connectivity index (χ4v) is 4.15. The molecule has 0 bridgehead atoms. The fourth-order valence-electron chi connectivity index (χ4n) is 4.15. The molecule has 1 aliphatic carbocycles. The van der Waals surface area contributed by atoms with E-state index < -0.39 is 5.97 Å². The lowest BCUT2D eigenvalue weighted by Gasteiger charge is -2.42. The minimum absolute atomic E-state index is 0.154. The molecule has 0 spiro atoms. The Balaban J connectivity index is 1.53. The van der Waals surface area contributed by atoms with Crippen molar-refractivity contribution in [2.75, 3.05) is 19.6 Å². The molecule has 0 radical (unpaired) electrons. The van der Waals surface area contributed by atoms with Gasteiger partial charge in [0.25, 0.3) is 0 Å². The third kappa shape index (κ3) is 2.63. The van der Waals surface area contributed by atoms with Gasteiger partial charge in [0, 0.05) is 31.6 Å². The standard InChI is InChI=1S/C15H24N2O3/c18-14(19)8-11-9-16(10-11)15(20)17-7-3-6-13(17)12-4-1-2-5-12/h11-13H,1-10H2,(H,18,19). The van der Waals surface area contributed by atoms with E-state index in [-0.39, 0.29) is 18.4 Å². The van der Waals surface area contributed by atoms with Crippen molar-refractivity contribution in [3.05, 3.63) is 0 Å². The Bertz CT molecular complexity index is 387. The van der Waals surface area contributed by atoms with E-state index >= 15 is 0 Å². The van der Waals surface area contributed by atoms with Gasteiger partial charge in [0.1, 0.15) is 0 Å². The molecule has 2 amide bonds. The summed E-state index contributed by atoms with van der Waals surface area (Å²) in [7, 11) is 0. The average molecular weight is 280 g/mol. The number of hydrogen-bond donors (Lipinski definition) is 1. The number of urea groups is 1. The summed E-state index contributed by atoms with van der Waals surface area (Å²) < 4.78 is 0. The van der Waals surface area contributed by atoms with Gasteiger partial charge in [0.15, 0.2) is 0 Å². The summed E-state index contributed by atoms with van der Waals surface area (Å²) in [6, 6.07) is 0.601. The van der Waals surface area contributed by atoms with Crippen LogP contribution >= 0.6 is 0 Å². The molecule has 3 fully saturated rings. The highest BCUT2D eigenvalue weighted by Crippen LogP contribution is 2.36. The number of carbonyl (C=O) groups is 2. The molecule has 1 saturated carbocycles. The van der Waals surface area contributed by atoms with E-state index in [1.54, 1.807) is 0 Å². The summed E-state index contributed by atoms with van der Waals surface area (Å²) in [4.78, 5) is 27.1. The minimum Gasteiger partial charge on any atom is -0.481 e. The zero-order valence-corrected chi connectivity index (χ0v) is 12.0. The monoisotopic (exact) mass is 280 g/mol. The largest absolute Gasteiger partial charge is 0.481 e. The van der Waals surface area contributed by atoms with Crippen molar-refractivity contribution in [2.24, 2.45) is 11.8 Å². The van der Waals surface area contributed by atoms with E-state index in [2.05, 4.69) is 4.90 Å². The van der Waals surface area contributed by atoms with Gasteiger partial charge in [-0.05, 0) is 31.6 Å². The summed E-state index contributed by atoms with van der Waals surface area (Å²) in [6.07, 6.45) is 7.64. The molecule has 0 aromatic carbocycles. The lowest BCUT2D eigenvalue weighted by molar-refractivity contribution is -0.139. The van der Waals surface area contributed by atoms with Crippen LogP contribution in [-0.2, 0) is 4.79 Å². The smallest absolute Gasteiger partial charge is 0.320 e. The van der Waals surface area contributed by atoms with E-state index in [9.17, 15) is 9.59 Å². The van der Waals surface area contributed by atoms with Crippen LogP contribution in [0.1, 0.15) is 44.9 Å². The molecule has 1 N–H and O–H groups in total. The number of likely N-dealkylation sites (tertiary alicyclic amines) is 2. The van der Waals surface area contributed by atoms with Crippen molar-refractivity contribution in [1.29, 1.82) is 0 Å². The first-order chi connectivity index (χ1) is 9.65. The zero-order chi connectivity index (χ0) is 14.1. The van der Waals surface area contributed by atoms with Gasteiger partial charge < -0.3 is 14.9 Å². The van der Waals surface area contributed by atoms with Gasteiger partial charge in [-0.2, -0.15) is 0 Å². The number of carboxylic acid groups (broad SMARTS) is 1. The van der Waals surface area contributed by atoms with Crippen molar-refractivity contribution in [3.63, 3.8) is 0 Å². The highest BCUT2D eigenvalue weighted by atomic mass is 16.4. The molecule has 112 valence electrons. The van der Waals surface area contributed by atoms with E-state index in [4.69, 9.17) is 5.11 Å². The molecular weight excluding hydrogens is 256 g/mol. The van der Waals surface area contributed by atoms with Crippen molar-refractivity contribution < 1.29 is 14.7 Å². The van der Waals surface area contributed by atoms with E-state index in [0.717, 1.165) is 19.4 Å². The fraction of sp³-hybridized carbons (Fsp3) is 0.867. The zero-order valence-electron chi connectivity index (χ0n) is 12.0. The van der Waals surface area contributed by atoms with Crippen molar-refractivity contribution in [1.82, 2.24) is 9.80 Å². The first kappa shape index (κ1) is 13.7. The van der Waals surface area contributed by atoms with Crippen molar-refractivity contribution >= 4 is 12.0 Å². The molecule has 2 saturated heterocycles. The van der Waals surface area contributed by atoms with Gasteiger partial charge in [-0.1, -0.05) is 12.8 Å². The van der Waals surface area contributed by atoms with E-state index in [1.165, 1.54) is 25.7 Å². The van der Waals surface area contributed by atoms with Crippen LogP contribution in [0.3, 0.4) is 0 Å². The van der Waals surface area contributed by atoms with Crippen LogP contribution in [0, 0.1) is 11.8 Å². The van der Waals surface area contributed by atoms with Gasteiger partial charge in [0.2, 0.25) is 0 Å². The Morgan fingerprint density at radius 2 is 1.75 bits per heavy atom. The second-order valence-electron chi connectivity index (χ2n) is 6.60. The van der Waals surface area contributed by atoms with Gasteiger partial charge >= 0.3 is 12.0 Å². The van der Waals surface area contributed by atoms with Gasteiger partial charge in [-0.25, -0.2) is 4.79 Å². The SMILES string of the molecule is O=C(O)CC1CN(C(=O)N2CCCC2C2CCCC2)C1. The lowest BCUT2D eigenvalue weighted by atomic mass is 9.95. The number of carboxylic acids is 1. The molecule has 3 aliphatic rings. The second kappa shape index (κ2) is 5.62. The predicted molar refractivity (Wildman–Crippen MR) is 74.4 cm³/mol. The molecule has 5 nitrogen and oxygen atoms in total. The second-order valence-corrected chi connectivity index (χ2v) is 6.60. The quantitative estimate of drug-likeness (QED) is 0.862. The Hall–Kier alpha value is -1.26. The predicted octanol–water partition coefficient (Wildman–Crippen LogP) is 2.17. The molecule has 2 aliphatic heterocycles. The number of aliphatic carboxylic acids is 1. The van der Waals surface area contributed by atoms with Crippen LogP contribution in [0.5, 0.6) is 0 Å². The topological polar surface area (TPSA) is 60.9 Å². The molecule has 0 aromatic heterocycles. The average Bonchev–Trinajstić information content (AvgIpc) is 3.00. The third-order valence-electron chi connectivity index (χ3n) is 5.18. The summed E-state index contributed by atoms with van der Waals surface area (Å²) >= 11 is 0. The molecule has 20 heavy (non-hydrogen) atoms. The third-order valence-corrected chi connectivity index (χ3v) is 5.18. The van der Waals surface area contributed by atoms with Gasteiger partial charge in [0.05, 0.1) is 6.42 Å². The van der Waals surface area contributed by atoms with Crippen LogP contribution in [0.2, 0.25) is 0 Å². The molecule has 1 atom stereocenters. The van der Waals surface area contributed by atoms with Gasteiger partial charge in [-0.3, -0.25) is 4.79 Å². The first-order valence-electron chi connectivity index (χ1n) is 7.92. The molecule has 0 aromatic rings. The number of carbonyl (C=O) groups excluding carboxylic acids is 1. The van der Waals surface area contributed by atoms with Crippen LogP contribution in [0.15, 0.2) is 0 Å². The molecule has 3 rings (SSSR count). The summed E-state index contributed by atoms with van der Waals surface area (Å²) in [5, 5.41) is 8.76. The van der Waals surface area contributed by atoms with Crippen LogP contribution in [0.25, 0.3) is 0 Å². The number of nitrogens with zero attached hydrogens (tertiary/aromatic N) is 2. The maximum absolute atomic E-state index is 12.5. The van der Waals surface area contributed by atoms with Gasteiger partial charge in [-0.15, -0.1) is 0 Å². The molecular formula is C15H24N2O3. The molecule has 5 heteroatoms. The Morgan fingerprint density at radius 3 is 2.40 bits per heavy atom. The number of amides is 2. The minimum atomic E-state index is -0.757. The maximum atomic E-state index is 12.5. The molecule has 2 heterocycles. The summed E-state index contributed by atoms with van der Waals surface area (Å²) in [6.45, 7) is 2.14. The van der Waals surface area contributed by atoms with Crippen LogP contribution in [0.4, 0.5) is 4.79 Å². The van der Waals surface area contributed by atoms with E-state index in [0.29, 0.717) is 25.0 Å². The number of hydrogen-bond acceptors (Lipinski definition) is 2. The molecule has 1 unspecified atom stereocenters. The van der Waals surface area contributed by atoms with Crippen LogP contribution < -0.4 is 0 Å². The van der Waals surface area contributed by atoms with Crippen molar-refractivity contribution in [2.45, 2.75) is 51.0 Å². The van der Waals surface area contributed by atoms with Crippen molar-refractivity contribution in [3.8, 4) is 0 Å². The Morgan fingerprint density at radius 1 is 1.05 bits per heavy atom. The van der Waals surface area contributed by atoms with E-state index in [1.807, 2.05) is 4.90 Å². The summed E-state index contributed by atoms with van der Waals surface area (Å²) in [5.74, 6) is 0.105. The normalized spacial score (nSPS) is 27.9. The maximum Gasteiger partial charge on any atom is 0.320 e. The first-order valence-corrected chi connectivity index (χ1v) is 7.92. The summed E-state index contributed by atoms with van der Waals surface area (Å²) in [5.41, 5.74) is 0. The number of rotatable bonds is 3. The lowest BCUT2D eigenvalue weighted by Crippen LogP contribution is -2.56.